The number of benzene rings is 2. The van der Waals surface area contributed by atoms with Crippen molar-refractivity contribution < 1.29 is 14.3 Å². The van der Waals surface area contributed by atoms with Crippen molar-refractivity contribution in [3.05, 3.63) is 63.9 Å². The van der Waals surface area contributed by atoms with E-state index in [0.717, 1.165) is 5.82 Å². The van der Waals surface area contributed by atoms with E-state index in [-0.39, 0.29) is 17.6 Å². The van der Waals surface area contributed by atoms with Crippen LogP contribution < -0.4 is 15.4 Å². The Morgan fingerprint density at radius 2 is 1.85 bits per heavy atom. The monoisotopic (exact) mass is 507 g/mol. The predicted octanol–water partition coefficient (Wildman–Crippen LogP) is 4.32. The first-order chi connectivity index (χ1) is 15.9. The van der Waals surface area contributed by atoms with Gasteiger partial charge >= 0.3 is 0 Å². The summed E-state index contributed by atoms with van der Waals surface area (Å²) < 4.78 is 7.03. The molecule has 8 nitrogen and oxygen atoms in total. The maximum Gasteiger partial charge on any atom is 0.251 e. The van der Waals surface area contributed by atoms with Crippen LogP contribution >= 0.6 is 35.0 Å². The van der Waals surface area contributed by atoms with E-state index in [2.05, 4.69) is 20.8 Å². The number of carbonyl (C=O) groups excluding carboxylic acids is 2. The van der Waals surface area contributed by atoms with Crippen molar-refractivity contribution >= 4 is 52.5 Å². The second-order valence-corrected chi connectivity index (χ2v) is 8.60. The number of anilines is 1. The van der Waals surface area contributed by atoms with Crippen molar-refractivity contribution in [2.45, 2.75) is 25.0 Å². The Kier molecular flexibility index (Phi) is 8.99. The van der Waals surface area contributed by atoms with Gasteiger partial charge < -0.3 is 19.9 Å². The van der Waals surface area contributed by atoms with Gasteiger partial charge in [-0.3, -0.25) is 9.59 Å². The lowest BCUT2D eigenvalue weighted by molar-refractivity contribution is -0.113. The van der Waals surface area contributed by atoms with E-state index in [4.69, 9.17) is 27.9 Å². The van der Waals surface area contributed by atoms with Crippen molar-refractivity contribution in [3.63, 3.8) is 0 Å². The molecule has 3 aromatic rings. The van der Waals surface area contributed by atoms with Crippen LogP contribution in [0.2, 0.25) is 10.0 Å². The summed E-state index contributed by atoms with van der Waals surface area (Å²) >= 11 is 13.2. The van der Waals surface area contributed by atoms with E-state index in [9.17, 15) is 9.59 Å². The zero-order valence-corrected chi connectivity index (χ0v) is 20.4. The van der Waals surface area contributed by atoms with Crippen LogP contribution in [0.5, 0.6) is 5.75 Å². The Balaban J connectivity index is 1.50. The fraction of sp³-hybridized carbons (Fsp3) is 0.273. The lowest BCUT2D eigenvalue weighted by Gasteiger charge is -2.09. The van der Waals surface area contributed by atoms with Gasteiger partial charge in [0.25, 0.3) is 5.91 Å². The highest BCUT2D eigenvalue weighted by Crippen LogP contribution is 2.25. The van der Waals surface area contributed by atoms with Gasteiger partial charge in [-0.25, -0.2) is 0 Å². The van der Waals surface area contributed by atoms with Crippen LogP contribution in [0.1, 0.15) is 23.1 Å². The minimum atomic E-state index is -0.197. The van der Waals surface area contributed by atoms with Crippen LogP contribution in [0.15, 0.2) is 47.6 Å². The Morgan fingerprint density at radius 3 is 2.52 bits per heavy atom. The summed E-state index contributed by atoms with van der Waals surface area (Å²) in [6.07, 6.45) is 0.513. The second-order valence-electron chi connectivity index (χ2n) is 6.84. The molecule has 2 N–H and O–H groups in total. The molecular weight excluding hydrogens is 485 g/mol. The maximum atomic E-state index is 12.3. The Bertz CT molecular complexity index is 1120. The number of ether oxygens (including phenoxy) is 1. The number of hydrogen-bond acceptors (Lipinski definition) is 6. The highest BCUT2D eigenvalue weighted by atomic mass is 35.5. The lowest BCUT2D eigenvalue weighted by atomic mass is 10.2. The predicted molar refractivity (Wildman–Crippen MR) is 131 cm³/mol. The quantitative estimate of drug-likeness (QED) is 0.396. The summed E-state index contributed by atoms with van der Waals surface area (Å²) in [6, 6.07) is 11.8. The molecule has 33 heavy (non-hydrogen) atoms. The molecule has 2 amide bonds. The third kappa shape index (κ3) is 6.86. The SMILES string of the molecule is CCn1c(CCNC(=O)c2ccc(OC)cc2)nnc1SCC(=O)Nc1ccc(Cl)c(Cl)c1. The molecule has 0 spiro atoms. The Morgan fingerprint density at radius 1 is 1.09 bits per heavy atom. The summed E-state index contributed by atoms with van der Waals surface area (Å²) in [5.41, 5.74) is 1.12. The molecule has 0 unspecified atom stereocenters. The van der Waals surface area contributed by atoms with Crippen LogP contribution in [0.4, 0.5) is 5.69 Å². The van der Waals surface area contributed by atoms with E-state index in [1.807, 2.05) is 11.5 Å². The number of nitrogens with zero attached hydrogens (tertiary/aromatic N) is 3. The molecule has 3 rings (SSSR count). The minimum Gasteiger partial charge on any atom is -0.497 e. The van der Waals surface area contributed by atoms with Gasteiger partial charge in [0.05, 0.1) is 22.9 Å². The van der Waals surface area contributed by atoms with Gasteiger partial charge in [-0.1, -0.05) is 35.0 Å². The normalized spacial score (nSPS) is 10.7. The van der Waals surface area contributed by atoms with Gasteiger partial charge in [0.2, 0.25) is 5.91 Å². The molecular formula is C22H23Cl2N5O3S. The number of rotatable bonds is 10. The molecule has 0 radical (unpaired) electrons. The highest BCUT2D eigenvalue weighted by Gasteiger charge is 2.14. The van der Waals surface area contributed by atoms with E-state index in [0.29, 0.717) is 51.7 Å². The maximum absolute atomic E-state index is 12.3. The fourth-order valence-electron chi connectivity index (χ4n) is 2.96. The number of thioether (sulfide) groups is 1. The van der Waals surface area contributed by atoms with Crippen LogP contribution in [0.25, 0.3) is 0 Å². The van der Waals surface area contributed by atoms with Gasteiger partial charge in [-0.15, -0.1) is 10.2 Å². The van der Waals surface area contributed by atoms with Crippen molar-refractivity contribution in [2.24, 2.45) is 0 Å². The number of carbonyl (C=O) groups is 2. The van der Waals surface area contributed by atoms with Crippen molar-refractivity contribution in [1.82, 2.24) is 20.1 Å². The van der Waals surface area contributed by atoms with Gasteiger partial charge in [0.15, 0.2) is 5.16 Å². The van der Waals surface area contributed by atoms with Gasteiger partial charge in [0.1, 0.15) is 11.6 Å². The first-order valence-corrected chi connectivity index (χ1v) is 11.9. The lowest BCUT2D eigenvalue weighted by Crippen LogP contribution is -2.26. The smallest absolute Gasteiger partial charge is 0.251 e. The van der Waals surface area contributed by atoms with Crippen molar-refractivity contribution in [2.75, 3.05) is 24.7 Å². The summed E-state index contributed by atoms with van der Waals surface area (Å²) in [7, 11) is 1.58. The molecule has 0 bridgehead atoms. The Labute approximate surface area is 206 Å². The fourth-order valence-corrected chi connectivity index (χ4v) is 4.08. The van der Waals surface area contributed by atoms with Crippen LogP contribution in [0, 0.1) is 0 Å². The number of methoxy groups -OCH3 is 1. The number of hydrogen-bond donors (Lipinski definition) is 2. The minimum absolute atomic E-state index is 0.159. The van der Waals surface area contributed by atoms with Crippen LogP contribution in [-0.4, -0.2) is 46.0 Å². The van der Waals surface area contributed by atoms with Crippen molar-refractivity contribution in [1.29, 1.82) is 0 Å². The third-order valence-electron chi connectivity index (χ3n) is 4.63. The van der Waals surface area contributed by atoms with E-state index in [1.165, 1.54) is 11.8 Å². The van der Waals surface area contributed by atoms with E-state index >= 15 is 0 Å². The van der Waals surface area contributed by atoms with Gasteiger partial charge in [-0.05, 0) is 49.4 Å². The summed E-state index contributed by atoms with van der Waals surface area (Å²) in [6.45, 7) is 3.03. The molecule has 0 aliphatic rings. The number of aromatic nitrogens is 3. The molecule has 2 aromatic carbocycles. The van der Waals surface area contributed by atoms with Crippen molar-refractivity contribution in [3.8, 4) is 5.75 Å². The zero-order chi connectivity index (χ0) is 23.8. The van der Waals surface area contributed by atoms with E-state index < -0.39 is 0 Å². The average molecular weight is 508 g/mol. The average Bonchev–Trinajstić information content (AvgIpc) is 3.21. The molecule has 0 saturated carbocycles. The standard InChI is InChI=1S/C22H23Cl2N5O3S/c1-3-29-19(10-11-25-21(31)14-4-7-16(32-2)8-5-14)27-28-22(29)33-13-20(30)26-15-6-9-17(23)18(24)12-15/h4-9,12H,3,10-11,13H2,1-2H3,(H,25,31)(H,26,30). The second kappa shape index (κ2) is 11.9. The molecule has 1 aromatic heterocycles. The van der Waals surface area contributed by atoms with Crippen LogP contribution in [-0.2, 0) is 17.8 Å². The Hall–Kier alpha value is -2.75. The molecule has 11 heteroatoms. The first kappa shape index (κ1) is 24.9. The van der Waals surface area contributed by atoms with E-state index in [1.54, 1.807) is 49.6 Å². The largest absolute Gasteiger partial charge is 0.497 e. The van der Waals surface area contributed by atoms with Gasteiger partial charge in [0, 0.05) is 30.8 Å². The summed E-state index contributed by atoms with van der Waals surface area (Å²) in [5, 5.41) is 15.5. The third-order valence-corrected chi connectivity index (χ3v) is 6.34. The molecule has 0 aliphatic heterocycles. The topological polar surface area (TPSA) is 98.1 Å². The highest BCUT2D eigenvalue weighted by molar-refractivity contribution is 7.99. The molecule has 0 fully saturated rings. The molecule has 0 saturated heterocycles. The number of halogens is 2. The number of amides is 2. The van der Waals surface area contributed by atoms with Crippen LogP contribution in [0.3, 0.4) is 0 Å². The van der Waals surface area contributed by atoms with Gasteiger partial charge in [-0.2, -0.15) is 0 Å². The molecule has 174 valence electrons. The molecule has 0 atom stereocenters. The summed E-state index contributed by atoms with van der Waals surface area (Å²) in [4.78, 5) is 24.6. The number of nitrogens with one attached hydrogen (secondary N) is 2. The zero-order valence-electron chi connectivity index (χ0n) is 18.1. The molecule has 1 heterocycles. The summed E-state index contributed by atoms with van der Waals surface area (Å²) in [5.74, 6) is 1.22. The first-order valence-electron chi connectivity index (χ1n) is 10.1. The molecule has 0 aliphatic carbocycles.